The van der Waals surface area contributed by atoms with Gasteiger partial charge in [0.2, 0.25) is 0 Å². The van der Waals surface area contributed by atoms with Gasteiger partial charge in [-0.1, -0.05) is 26.7 Å². The van der Waals surface area contributed by atoms with E-state index in [0.717, 1.165) is 0 Å². The molecule has 0 fully saturated rings. The second kappa shape index (κ2) is 4.91. The van der Waals surface area contributed by atoms with Crippen molar-refractivity contribution in [2.45, 2.75) is 45.3 Å². The van der Waals surface area contributed by atoms with Crippen LogP contribution in [0, 0.1) is 0 Å². The van der Waals surface area contributed by atoms with E-state index in [-0.39, 0.29) is 0 Å². The maximum atomic E-state index is 5.56. The first-order valence-electron chi connectivity index (χ1n) is 4.23. The van der Waals surface area contributed by atoms with Gasteiger partial charge >= 0.3 is 0 Å². The lowest BCUT2D eigenvalue weighted by molar-refractivity contribution is 0.394. The van der Waals surface area contributed by atoms with E-state index in [2.05, 4.69) is 20.4 Å². The van der Waals surface area contributed by atoms with Crippen molar-refractivity contribution in [3.63, 3.8) is 0 Å². The van der Waals surface area contributed by atoms with Crippen molar-refractivity contribution >= 4 is 8.32 Å². The average molecular weight is 160 g/mol. The van der Waals surface area contributed by atoms with E-state index < -0.39 is 8.32 Å². The Morgan fingerprint density at radius 2 is 1.50 bits per heavy atom. The van der Waals surface area contributed by atoms with E-state index in [4.69, 9.17) is 4.43 Å². The summed E-state index contributed by atoms with van der Waals surface area (Å²) in [5.74, 6) is 0. The number of rotatable bonds is 5. The third-order valence-electron chi connectivity index (χ3n) is 2.05. The van der Waals surface area contributed by atoms with Crippen LogP contribution in [0.1, 0.15) is 26.7 Å². The smallest absolute Gasteiger partial charge is 0.189 e. The molecule has 0 saturated heterocycles. The van der Waals surface area contributed by atoms with Crippen LogP contribution in [0.5, 0.6) is 0 Å². The molecule has 0 N–H and O–H groups in total. The van der Waals surface area contributed by atoms with Gasteiger partial charge in [0, 0.05) is 7.11 Å². The molecule has 0 aromatic heterocycles. The van der Waals surface area contributed by atoms with Crippen molar-refractivity contribution in [1.82, 2.24) is 0 Å². The van der Waals surface area contributed by atoms with Crippen LogP contribution in [-0.4, -0.2) is 15.4 Å². The quantitative estimate of drug-likeness (QED) is 0.562. The summed E-state index contributed by atoms with van der Waals surface area (Å²) in [7, 11) is 0.649. The lowest BCUT2D eigenvalue weighted by Crippen LogP contribution is -2.32. The highest BCUT2D eigenvalue weighted by molar-refractivity contribution is 6.72. The summed E-state index contributed by atoms with van der Waals surface area (Å²) in [6.45, 7) is 6.81. The van der Waals surface area contributed by atoms with Crippen LogP contribution >= 0.6 is 0 Å². The largest absolute Gasteiger partial charge is 0.420 e. The topological polar surface area (TPSA) is 9.23 Å². The fraction of sp³-hybridized carbons (Fsp3) is 1.00. The minimum atomic E-state index is -1.22. The molecule has 0 aromatic rings. The van der Waals surface area contributed by atoms with Gasteiger partial charge in [0.1, 0.15) is 0 Å². The van der Waals surface area contributed by atoms with E-state index in [1.165, 1.54) is 24.9 Å². The fourth-order valence-corrected chi connectivity index (χ4v) is 4.16. The van der Waals surface area contributed by atoms with Gasteiger partial charge in [-0.15, -0.1) is 0 Å². The van der Waals surface area contributed by atoms with Gasteiger partial charge in [0.05, 0.1) is 0 Å². The van der Waals surface area contributed by atoms with Crippen LogP contribution in [-0.2, 0) is 4.43 Å². The third-order valence-corrected chi connectivity index (χ3v) is 6.15. The molecule has 62 valence electrons. The molecule has 1 nitrogen and oxygen atoms in total. The van der Waals surface area contributed by atoms with Crippen molar-refractivity contribution in [3.05, 3.63) is 0 Å². The van der Waals surface area contributed by atoms with Crippen LogP contribution in [0.2, 0.25) is 18.6 Å². The van der Waals surface area contributed by atoms with Crippen molar-refractivity contribution in [3.8, 4) is 0 Å². The second-order valence-electron chi connectivity index (χ2n) is 3.15. The summed E-state index contributed by atoms with van der Waals surface area (Å²) in [5, 5.41) is 0. The van der Waals surface area contributed by atoms with Gasteiger partial charge in [-0.3, -0.25) is 0 Å². The monoisotopic (exact) mass is 160 g/mol. The number of hydrogen-bond acceptors (Lipinski definition) is 1. The van der Waals surface area contributed by atoms with Crippen LogP contribution in [0.3, 0.4) is 0 Å². The molecule has 0 radical (unpaired) electrons. The van der Waals surface area contributed by atoms with Crippen LogP contribution < -0.4 is 0 Å². The molecule has 0 saturated carbocycles. The molecule has 0 heterocycles. The second-order valence-corrected chi connectivity index (χ2v) is 7.46. The minimum absolute atomic E-state index is 1.22. The van der Waals surface area contributed by atoms with Crippen molar-refractivity contribution < 1.29 is 4.43 Å². The number of hydrogen-bond donors (Lipinski definition) is 0. The van der Waals surface area contributed by atoms with Crippen LogP contribution in [0.15, 0.2) is 0 Å². The zero-order valence-electron chi connectivity index (χ0n) is 7.74. The van der Waals surface area contributed by atoms with Gasteiger partial charge < -0.3 is 4.43 Å². The summed E-state index contributed by atoms with van der Waals surface area (Å²) in [6.07, 6.45) is 2.55. The van der Waals surface area contributed by atoms with Crippen molar-refractivity contribution in [2.24, 2.45) is 0 Å². The summed E-state index contributed by atoms with van der Waals surface area (Å²) in [4.78, 5) is 0. The third kappa shape index (κ3) is 3.37. The Bertz CT molecular complexity index is 77.3. The van der Waals surface area contributed by atoms with Crippen LogP contribution in [0.4, 0.5) is 0 Å². The van der Waals surface area contributed by atoms with E-state index in [9.17, 15) is 0 Å². The Morgan fingerprint density at radius 1 is 1.10 bits per heavy atom. The molecule has 0 amide bonds. The average Bonchev–Trinajstić information content (AvgIpc) is 1.89. The molecule has 0 aromatic carbocycles. The van der Waals surface area contributed by atoms with Crippen molar-refractivity contribution in [2.75, 3.05) is 7.11 Å². The Kier molecular flexibility index (Phi) is 5.00. The Morgan fingerprint density at radius 3 is 1.70 bits per heavy atom. The maximum Gasteiger partial charge on any atom is 0.189 e. The van der Waals surface area contributed by atoms with Gasteiger partial charge in [-0.25, -0.2) is 0 Å². The predicted molar refractivity (Wildman–Crippen MR) is 48.8 cm³/mol. The van der Waals surface area contributed by atoms with E-state index in [1.807, 2.05) is 7.11 Å². The Balaban J connectivity index is 3.69. The molecule has 0 atom stereocenters. The Hall–Kier alpha value is 0.177. The highest BCUT2D eigenvalue weighted by Gasteiger charge is 2.24. The molecular formula is C8H20OSi. The minimum Gasteiger partial charge on any atom is -0.420 e. The van der Waals surface area contributed by atoms with E-state index >= 15 is 0 Å². The van der Waals surface area contributed by atoms with Crippen molar-refractivity contribution in [1.29, 1.82) is 0 Å². The van der Waals surface area contributed by atoms with Gasteiger partial charge in [-0.2, -0.15) is 0 Å². The maximum absolute atomic E-state index is 5.56. The first-order valence-corrected chi connectivity index (χ1v) is 7.06. The summed E-state index contributed by atoms with van der Waals surface area (Å²) >= 11 is 0. The lowest BCUT2D eigenvalue weighted by Gasteiger charge is -2.23. The molecule has 0 spiro atoms. The van der Waals surface area contributed by atoms with Crippen LogP contribution in [0.25, 0.3) is 0 Å². The molecule has 0 aliphatic heterocycles. The lowest BCUT2D eigenvalue weighted by atomic mass is 10.6. The van der Waals surface area contributed by atoms with Gasteiger partial charge in [-0.05, 0) is 18.6 Å². The highest BCUT2D eigenvalue weighted by Crippen LogP contribution is 2.19. The first-order chi connectivity index (χ1) is 4.68. The zero-order valence-corrected chi connectivity index (χ0v) is 8.74. The van der Waals surface area contributed by atoms with Gasteiger partial charge in [0.25, 0.3) is 0 Å². The summed E-state index contributed by atoms with van der Waals surface area (Å²) in [6, 6.07) is 2.63. The summed E-state index contributed by atoms with van der Waals surface area (Å²) in [5.41, 5.74) is 0. The van der Waals surface area contributed by atoms with Gasteiger partial charge in [0.15, 0.2) is 8.32 Å². The molecule has 0 rings (SSSR count). The SMILES string of the molecule is CCC[Si](C)(CCC)OC. The molecule has 2 heteroatoms. The fourth-order valence-electron chi connectivity index (χ4n) is 1.39. The summed E-state index contributed by atoms with van der Waals surface area (Å²) < 4.78 is 5.56. The molecule has 0 aliphatic rings. The predicted octanol–water partition coefficient (Wildman–Crippen LogP) is 3.03. The zero-order chi connectivity index (χ0) is 8.04. The van der Waals surface area contributed by atoms with E-state index in [1.54, 1.807) is 0 Å². The molecule has 0 bridgehead atoms. The highest BCUT2D eigenvalue weighted by atomic mass is 28.4. The first kappa shape index (κ1) is 10.2. The standard InChI is InChI=1S/C8H20OSi/c1-5-7-10(4,9-3)8-6-2/h5-8H2,1-4H3. The Labute approximate surface area is 65.9 Å². The molecule has 0 unspecified atom stereocenters. The molecule has 0 aliphatic carbocycles. The molecule has 10 heavy (non-hydrogen) atoms. The molecular weight excluding hydrogens is 140 g/mol. The van der Waals surface area contributed by atoms with E-state index in [0.29, 0.717) is 0 Å². The normalized spacial score (nSPS) is 12.0.